The number of aromatic nitrogens is 3. The molecule has 7 nitrogen and oxygen atoms in total. The maximum Gasteiger partial charge on any atom is 0.247 e. The molecular formula is C15H26N6O. The van der Waals surface area contributed by atoms with E-state index in [0.717, 1.165) is 64.2 Å². The first-order chi connectivity index (χ1) is 10.8. The molecule has 3 heterocycles. The number of anilines is 2. The molecule has 2 aliphatic heterocycles. The van der Waals surface area contributed by atoms with Gasteiger partial charge in [0.05, 0.1) is 19.4 Å². The molecular weight excluding hydrogens is 280 g/mol. The van der Waals surface area contributed by atoms with Crippen LogP contribution in [-0.2, 0) is 4.74 Å². The Kier molecular flexibility index (Phi) is 5.39. The van der Waals surface area contributed by atoms with Crippen molar-refractivity contribution in [1.82, 2.24) is 20.1 Å². The third-order valence-corrected chi connectivity index (χ3v) is 4.33. The minimum Gasteiger partial charge on any atom is -0.379 e. The highest BCUT2D eigenvalue weighted by atomic mass is 16.5. The SMILES string of the molecule is CC1CCCN(c2nncc(NCCN3CCOCC3)n2)C1. The normalized spacial score (nSPS) is 23.5. The highest BCUT2D eigenvalue weighted by Gasteiger charge is 2.19. The molecule has 122 valence electrons. The van der Waals surface area contributed by atoms with Gasteiger partial charge >= 0.3 is 0 Å². The third kappa shape index (κ3) is 4.27. The first-order valence-corrected chi connectivity index (χ1v) is 8.30. The molecule has 2 aliphatic rings. The molecule has 0 aliphatic carbocycles. The smallest absolute Gasteiger partial charge is 0.247 e. The topological polar surface area (TPSA) is 66.4 Å². The van der Waals surface area contributed by atoms with Gasteiger partial charge in [0, 0.05) is 39.3 Å². The van der Waals surface area contributed by atoms with Gasteiger partial charge in [-0.3, -0.25) is 4.90 Å². The van der Waals surface area contributed by atoms with E-state index < -0.39 is 0 Å². The molecule has 1 atom stereocenters. The minimum atomic E-state index is 0.704. The quantitative estimate of drug-likeness (QED) is 0.865. The lowest BCUT2D eigenvalue weighted by Gasteiger charge is -2.30. The van der Waals surface area contributed by atoms with Crippen molar-refractivity contribution in [2.75, 3.05) is 62.7 Å². The van der Waals surface area contributed by atoms with Crippen LogP contribution in [0.25, 0.3) is 0 Å². The number of ether oxygens (including phenoxy) is 1. The van der Waals surface area contributed by atoms with Crippen molar-refractivity contribution in [2.24, 2.45) is 5.92 Å². The number of rotatable bonds is 5. The van der Waals surface area contributed by atoms with Gasteiger partial charge in [0.25, 0.3) is 0 Å². The van der Waals surface area contributed by atoms with Crippen LogP contribution >= 0.6 is 0 Å². The molecule has 0 amide bonds. The highest BCUT2D eigenvalue weighted by molar-refractivity contribution is 5.39. The van der Waals surface area contributed by atoms with Crippen LogP contribution in [0.15, 0.2) is 6.20 Å². The van der Waals surface area contributed by atoms with Gasteiger partial charge in [-0.1, -0.05) is 6.92 Å². The van der Waals surface area contributed by atoms with Crippen molar-refractivity contribution in [3.8, 4) is 0 Å². The molecule has 0 saturated carbocycles. The molecule has 1 N–H and O–H groups in total. The highest BCUT2D eigenvalue weighted by Crippen LogP contribution is 2.19. The Bertz CT molecular complexity index is 465. The Morgan fingerprint density at radius 1 is 1.32 bits per heavy atom. The minimum absolute atomic E-state index is 0.704. The molecule has 0 spiro atoms. The summed E-state index contributed by atoms with van der Waals surface area (Å²) in [6.07, 6.45) is 4.21. The van der Waals surface area contributed by atoms with Crippen LogP contribution in [0.1, 0.15) is 19.8 Å². The summed E-state index contributed by atoms with van der Waals surface area (Å²) < 4.78 is 5.36. The van der Waals surface area contributed by atoms with Crippen LogP contribution in [0.2, 0.25) is 0 Å². The molecule has 0 radical (unpaired) electrons. The summed E-state index contributed by atoms with van der Waals surface area (Å²) in [5, 5.41) is 11.7. The zero-order valence-corrected chi connectivity index (χ0v) is 13.4. The van der Waals surface area contributed by atoms with Gasteiger partial charge in [0.15, 0.2) is 5.82 Å². The molecule has 1 unspecified atom stereocenters. The van der Waals surface area contributed by atoms with Crippen molar-refractivity contribution < 1.29 is 4.74 Å². The summed E-state index contributed by atoms with van der Waals surface area (Å²) in [6, 6.07) is 0. The van der Waals surface area contributed by atoms with Gasteiger partial charge in [-0.05, 0) is 18.8 Å². The predicted octanol–water partition coefficient (Wildman–Crippen LogP) is 0.852. The van der Waals surface area contributed by atoms with E-state index in [2.05, 4.69) is 37.2 Å². The largest absolute Gasteiger partial charge is 0.379 e. The van der Waals surface area contributed by atoms with E-state index in [9.17, 15) is 0 Å². The van der Waals surface area contributed by atoms with E-state index in [1.54, 1.807) is 6.20 Å². The maximum absolute atomic E-state index is 5.36. The molecule has 22 heavy (non-hydrogen) atoms. The molecule has 2 fully saturated rings. The number of hydrogen-bond acceptors (Lipinski definition) is 7. The van der Waals surface area contributed by atoms with Crippen LogP contribution in [0, 0.1) is 5.92 Å². The van der Waals surface area contributed by atoms with Crippen LogP contribution in [-0.4, -0.2) is 72.6 Å². The fraction of sp³-hybridized carbons (Fsp3) is 0.800. The van der Waals surface area contributed by atoms with E-state index >= 15 is 0 Å². The average molecular weight is 306 g/mol. The van der Waals surface area contributed by atoms with E-state index in [0.29, 0.717) is 5.92 Å². The fourth-order valence-electron chi connectivity index (χ4n) is 3.05. The Hall–Kier alpha value is -1.47. The molecule has 7 heteroatoms. The van der Waals surface area contributed by atoms with Gasteiger partial charge in [-0.15, -0.1) is 5.10 Å². The van der Waals surface area contributed by atoms with Crippen LogP contribution < -0.4 is 10.2 Å². The van der Waals surface area contributed by atoms with Crippen LogP contribution in [0.5, 0.6) is 0 Å². The summed E-state index contributed by atoms with van der Waals surface area (Å²) >= 11 is 0. The van der Waals surface area contributed by atoms with E-state index in [4.69, 9.17) is 4.74 Å². The van der Waals surface area contributed by atoms with Crippen molar-refractivity contribution in [1.29, 1.82) is 0 Å². The molecule has 2 saturated heterocycles. The fourth-order valence-corrected chi connectivity index (χ4v) is 3.05. The molecule has 1 aromatic rings. The Morgan fingerprint density at radius 2 is 2.18 bits per heavy atom. The summed E-state index contributed by atoms with van der Waals surface area (Å²) in [6.45, 7) is 9.92. The standard InChI is InChI=1S/C15H26N6O/c1-13-3-2-5-21(12-13)15-18-14(11-17-19-15)16-4-6-20-7-9-22-10-8-20/h11,13H,2-10,12H2,1H3,(H,16,18,19). The first-order valence-electron chi connectivity index (χ1n) is 8.30. The number of hydrogen-bond donors (Lipinski definition) is 1. The Morgan fingerprint density at radius 3 is 3.00 bits per heavy atom. The summed E-state index contributed by atoms with van der Waals surface area (Å²) in [4.78, 5) is 9.26. The second-order valence-corrected chi connectivity index (χ2v) is 6.22. The monoisotopic (exact) mass is 306 g/mol. The zero-order valence-electron chi connectivity index (χ0n) is 13.4. The van der Waals surface area contributed by atoms with Crippen molar-refractivity contribution in [2.45, 2.75) is 19.8 Å². The Labute approximate surface area is 132 Å². The lowest BCUT2D eigenvalue weighted by atomic mass is 10.0. The number of nitrogens with one attached hydrogen (secondary N) is 1. The first kappa shape index (κ1) is 15.4. The lowest BCUT2D eigenvalue weighted by Crippen LogP contribution is -2.39. The van der Waals surface area contributed by atoms with Gasteiger partial charge in [0.1, 0.15) is 0 Å². The molecule has 0 bridgehead atoms. The lowest BCUT2D eigenvalue weighted by molar-refractivity contribution is 0.0398. The van der Waals surface area contributed by atoms with Crippen molar-refractivity contribution >= 4 is 11.8 Å². The van der Waals surface area contributed by atoms with Crippen LogP contribution in [0.4, 0.5) is 11.8 Å². The summed E-state index contributed by atoms with van der Waals surface area (Å²) in [5.41, 5.74) is 0. The van der Waals surface area contributed by atoms with Gasteiger partial charge in [-0.2, -0.15) is 10.1 Å². The summed E-state index contributed by atoms with van der Waals surface area (Å²) in [7, 11) is 0. The second kappa shape index (κ2) is 7.69. The predicted molar refractivity (Wildman–Crippen MR) is 86.2 cm³/mol. The molecule has 0 aromatic carbocycles. The Balaban J connectivity index is 1.50. The van der Waals surface area contributed by atoms with Crippen molar-refractivity contribution in [3.05, 3.63) is 6.20 Å². The van der Waals surface area contributed by atoms with E-state index in [-0.39, 0.29) is 0 Å². The second-order valence-electron chi connectivity index (χ2n) is 6.22. The van der Waals surface area contributed by atoms with Gasteiger partial charge < -0.3 is 15.0 Å². The van der Waals surface area contributed by atoms with Gasteiger partial charge in [0.2, 0.25) is 5.95 Å². The molecule has 3 rings (SSSR count). The van der Waals surface area contributed by atoms with Crippen molar-refractivity contribution in [3.63, 3.8) is 0 Å². The number of morpholine rings is 1. The van der Waals surface area contributed by atoms with Crippen LogP contribution in [0.3, 0.4) is 0 Å². The third-order valence-electron chi connectivity index (χ3n) is 4.33. The average Bonchev–Trinajstić information content (AvgIpc) is 2.56. The number of piperidine rings is 1. The zero-order chi connectivity index (χ0) is 15.2. The van der Waals surface area contributed by atoms with E-state index in [1.165, 1.54) is 12.8 Å². The van der Waals surface area contributed by atoms with E-state index in [1.807, 2.05) is 0 Å². The maximum atomic E-state index is 5.36. The number of nitrogens with zero attached hydrogens (tertiary/aromatic N) is 5. The van der Waals surface area contributed by atoms with Gasteiger partial charge in [-0.25, -0.2) is 0 Å². The summed E-state index contributed by atoms with van der Waals surface area (Å²) in [5.74, 6) is 2.27. The molecule has 1 aromatic heterocycles.